The van der Waals surface area contributed by atoms with Gasteiger partial charge in [-0.15, -0.1) is 10.2 Å². The zero-order valence-electron chi connectivity index (χ0n) is 16.7. The van der Waals surface area contributed by atoms with E-state index in [1.54, 1.807) is 0 Å². The molecule has 1 aromatic heterocycles. The molecule has 1 atom stereocenters. The molecule has 2 rings (SSSR count). The van der Waals surface area contributed by atoms with Gasteiger partial charge in [0.15, 0.2) is 11.8 Å². The number of aromatic nitrogens is 3. The highest BCUT2D eigenvalue weighted by Gasteiger charge is 2.25. The molecule has 0 spiro atoms. The highest BCUT2D eigenvalue weighted by molar-refractivity contribution is 5.80. The molecule has 0 aliphatic carbocycles. The molecule has 2 heterocycles. The molecule has 0 saturated carbocycles. The SMILES string of the molecule is CCOCCCNC(=NCc1nnc(C)n1C)N1CCC(COCC)C1. The summed E-state index contributed by atoms with van der Waals surface area (Å²) < 4.78 is 13.0. The van der Waals surface area contributed by atoms with Crippen LogP contribution < -0.4 is 5.32 Å². The molecule has 8 nitrogen and oxygen atoms in total. The molecule has 0 radical (unpaired) electrons. The van der Waals surface area contributed by atoms with E-state index in [9.17, 15) is 0 Å². The van der Waals surface area contributed by atoms with Crippen LogP contribution in [-0.2, 0) is 23.1 Å². The second-order valence-electron chi connectivity index (χ2n) is 6.60. The second-order valence-corrected chi connectivity index (χ2v) is 6.60. The van der Waals surface area contributed by atoms with Crippen LogP contribution in [0.25, 0.3) is 0 Å². The zero-order valence-corrected chi connectivity index (χ0v) is 16.7. The average molecular weight is 367 g/mol. The number of nitrogens with zero attached hydrogens (tertiary/aromatic N) is 5. The summed E-state index contributed by atoms with van der Waals surface area (Å²) in [4.78, 5) is 7.14. The second kappa shape index (κ2) is 11.1. The van der Waals surface area contributed by atoms with E-state index in [1.165, 1.54) is 0 Å². The lowest BCUT2D eigenvalue weighted by Gasteiger charge is -2.22. The van der Waals surface area contributed by atoms with Gasteiger partial charge in [0.1, 0.15) is 12.4 Å². The third kappa shape index (κ3) is 6.25. The minimum Gasteiger partial charge on any atom is -0.382 e. The first-order chi connectivity index (χ1) is 12.7. The van der Waals surface area contributed by atoms with Crippen molar-refractivity contribution in [3.63, 3.8) is 0 Å². The monoisotopic (exact) mass is 366 g/mol. The van der Waals surface area contributed by atoms with Gasteiger partial charge in [0.2, 0.25) is 0 Å². The molecule has 1 aromatic rings. The first-order valence-corrected chi connectivity index (χ1v) is 9.69. The van der Waals surface area contributed by atoms with Gasteiger partial charge in [-0.3, -0.25) is 0 Å². The Hall–Kier alpha value is -1.67. The summed E-state index contributed by atoms with van der Waals surface area (Å²) in [6.45, 7) is 12.5. The molecule has 0 bridgehead atoms. The van der Waals surface area contributed by atoms with Gasteiger partial charge in [-0.2, -0.15) is 0 Å². The number of aliphatic imine (C=N–C) groups is 1. The van der Waals surface area contributed by atoms with Crippen LogP contribution in [0.3, 0.4) is 0 Å². The summed E-state index contributed by atoms with van der Waals surface area (Å²) in [7, 11) is 1.98. The van der Waals surface area contributed by atoms with Crippen molar-refractivity contribution < 1.29 is 9.47 Å². The van der Waals surface area contributed by atoms with Gasteiger partial charge < -0.3 is 24.3 Å². The summed E-state index contributed by atoms with van der Waals surface area (Å²) in [6, 6.07) is 0. The Kier molecular flexibility index (Phi) is 8.84. The molecule has 1 saturated heterocycles. The first-order valence-electron chi connectivity index (χ1n) is 9.69. The molecular weight excluding hydrogens is 332 g/mol. The van der Waals surface area contributed by atoms with Crippen LogP contribution in [0.1, 0.15) is 38.3 Å². The van der Waals surface area contributed by atoms with Crippen LogP contribution in [0.4, 0.5) is 0 Å². The third-order valence-electron chi connectivity index (χ3n) is 4.65. The molecular formula is C18H34N6O2. The van der Waals surface area contributed by atoms with Crippen LogP contribution in [0, 0.1) is 12.8 Å². The van der Waals surface area contributed by atoms with Crippen LogP contribution in [0.5, 0.6) is 0 Å². The van der Waals surface area contributed by atoms with Gasteiger partial charge in [0, 0.05) is 52.4 Å². The highest BCUT2D eigenvalue weighted by atomic mass is 16.5. The standard InChI is InChI=1S/C18H34N6O2/c1-5-25-11-7-9-19-18(20-12-17-22-21-15(3)23(17)4)24-10-8-16(13-24)14-26-6-2/h16H,5-14H2,1-4H3,(H,19,20). The summed E-state index contributed by atoms with van der Waals surface area (Å²) in [5.41, 5.74) is 0. The van der Waals surface area contributed by atoms with Crippen LogP contribution in [-0.4, -0.2) is 71.7 Å². The fourth-order valence-electron chi connectivity index (χ4n) is 2.97. The molecule has 148 valence electrons. The quantitative estimate of drug-likeness (QED) is 0.383. The predicted molar refractivity (Wildman–Crippen MR) is 102 cm³/mol. The molecule has 26 heavy (non-hydrogen) atoms. The van der Waals surface area contributed by atoms with Crippen molar-refractivity contribution >= 4 is 5.96 Å². The van der Waals surface area contributed by atoms with Crippen molar-refractivity contribution in [2.24, 2.45) is 18.0 Å². The summed E-state index contributed by atoms with van der Waals surface area (Å²) >= 11 is 0. The number of rotatable bonds is 10. The van der Waals surface area contributed by atoms with E-state index < -0.39 is 0 Å². The number of hydrogen-bond acceptors (Lipinski definition) is 5. The van der Waals surface area contributed by atoms with E-state index in [0.29, 0.717) is 12.5 Å². The Balaban J connectivity index is 1.94. The molecule has 1 N–H and O–H groups in total. The Morgan fingerprint density at radius 2 is 2.08 bits per heavy atom. The van der Waals surface area contributed by atoms with Crippen LogP contribution >= 0.6 is 0 Å². The van der Waals surface area contributed by atoms with Crippen molar-refractivity contribution in [3.8, 4) is 0 Å². The lowest BCUT2D eigenvalue weighted by Crippen LogP contribution is -2.41. The number of guanidine groups is 1. The predicted octanol–water partition coefficient (Wildman–Crippen LogP) is 1.35. The summed E-state index contributed by atoms with van der Waals surface area (Å²) in [6.07, 6.45) is 2.11. The summed E-state index contributed by atoms with van der Waals surface area (Å²) in [5.74, 6) is 3.30. The van der Waals surface area contributed by atoms with Crippen molar-refractivity contribution in [2.45, 2.75) is 40.2 Å². The van der Waals surface area contributed by atoms with E-state index in [0.717, 1.165) is 76.5 Å². The number of hydrogen-bond donors (Lipinski definition) is 1. The molecule has 0 amide bonds. The van der Waals surface area contributed by atoms with E-state index in [4.69, 9.17) is 14.5 Å². The van der Waals surface area contributed by atoms with Gasteiger partial charge in [-0.05, 0) is 33.6 Å². The van der Waals surface area contributed by atoms with E-state index in [1.807, 2.05) is 32.4 Å². The lowest BCUT2D eigenvalue weighted by atomic mass is 10.1. The Bertz CT molecular complexity index is 560. The van der Waals surface area contributed by atoms with Crippen LogP contribution in [0.15, 0.2) is 4.99 Å². The normalized spacial score (nSPS) is 17.9. The van der Waals surface area contributed by atoms with Gasteiger partial charge >= 0.3 is 0 Å². The molecule has 1 aliphatic rings. The summed E-state index contributed by atoms with van der Waals surface area (Å²) in [5, 5.41) is 11.8. The lowest BCUT2D eigenvalue weighted by molar-refractivity contribution is 0.114. The third-order valence-corrected chi connectivity index (χ3v) is 4.65. The molecule has 8 heteroatoms. The fraction of sp³-hybridized carbons (Fsp3) is 0.833. The van der Waals surface area contributed by atoms with Gasteiger partial charge in [0.05, 0.1) is 6.61 Å². The maximum absolute atomic E-state index is 5.59. The number of nitrogens with one attached hydrogen (secondary N) is 1. The minimum absolute atomic E-state index is 0.526. The number of aryl methyl sites for hydroxylation is 1. The fourth-order valence-corrected chi connectivity index (χ4v) is 2.97. The first kappa shape index (κ1) is 20.6. The molecule has 0 aromatic carbocycles. The molecule has 1 unspecified atom stereocenters. The van der Waals surface area contributed by atoms with E-state index >= 15 is 0 Å². The van der Waals surface area contributed by atoms with E-state index in [-0.39, 0.29) is 0 Å². The maximum Gasteiger partial charge on any atom is 0.194 e. The average Bonchev–Trinajstić information content (AvgIpc) is 3.24. The minimum atomic E-state index is 0.526. The Morgan fingerprint density at radius 3 is 2.77 bits per heavy atom. The highest BCUT2D eigenvalue weighted by Crippen LogP contribution is 2.17. The van der Waals surface area contributed by atoms with Crippen molar-refractivity contribution in [1.82, 2.24) is 25.0 Å². The Morgan fingerprint density at radius 1 is 1.27 bits per heavy atom. The number of ether oxygens (including phenoxy) is 2. The van der Waals surface area contributed by atoms with Crippen molar-refractivity contribution in [2.75, 3.05) is 46.1 Å². The largest absolute Gasteiger partial charge is 0.382 e. The molecule has 1 aliphatic heterocycles. The van der Waals surface area contributed by atoms with Gasteiger partial charge in [-0.1, -0.05) is 0 Å². The Labute approximate surface area is 157 Å². The zero-order chi connectivity index (χ0) is 18.8. The van der Waals surface area contributed by atoms with Gasteiger partial charge in [0.25, 0.3) is 0 Å². The van der Waals surface area contributed by atoms with Crippen LogP contribution in [0.2, 0.25) is 0 Å². The smallest absolute Gasteiger partial charge is 0.194 e. The van der Waals surface area contributed by atoms with Crippen molar-refractivity contribution in [3.05, 3.63) is 11.6 Å². The van der Waals surface area contributed by atoms with Gasteiger partial charge in [-0.25, -0.2) is 4.99 Å². The maximum atomic E-state index is 5.59. The van der Waals surface area contributed by atoms with Crippen molar-refractivity contribution in [1.29, 1.82) is 0 Å². The topological polar surface area (TPSA) is 76.8 Å². The molecule has 1 fully saturated rings. The van der Waals surface area contributed by atoms with E-state index in [2.05, 4.69) is 20.4 Å². The number of likely N-dealkylation sites (tertiary alicyclic amines) is 1.